The summed E-state index contributed by atoms with van der Waals surface area (Å²) in [6, 6.07) is 8.88. The minimum Gasteiger partial charge on any atom is -0.338 e. The van der Waals surface area contributed by atoms with Crippen molar-refractivity contribution in [3.05, 3.63) is 47.6 Å². The van der Waals surface area contributed by atoms with Crippen molar-refractivity contribution >= 4 is 10.0 Å². The highest BCUT2D eigenvalue weighted by atomic mass is 32.2. The van der Waals surface area contributed by atoms with E-state index in [0.717, 1.165) is 24.8 Å². The molecule has 0 N–H and O–H groups in total. The van der Waals surface area contributed by atoms with Gasteiger partial charge in [0.05, 0.1) is 5.75 Å². The van der Waals surface area contributed by atoms with Crippen LogP contribution in [0.5, 0.6) is 0 Å². The lowest BCUT2D eigenvalue weighted by molar-refractivity contribution is 0.204. The average molecular weight is 321 g/mol. The monoisotopic (exact) mass is 321 g/mol. The Morgan fingerprint density at radius 1 is 1.27 bits per heavy atom. The Kier molecular flexibility index (Phi) is 4.26. The van der Waals surface area contributed by atoms with E-state index < -0.39 is 10.0 Å². The van der Waals surface area contributed by atoms with Crippen LogP contribution in [0.4, 0.5) is 0 Å². The number of hydrogen-bond donors (Lipinski definition) is 0. The zero-order valence-electron chi connectivity index (χ0n) is 12.5. The van der Waals surface area contributed by atoms with Gasteiger partial charge in [0.1, 0.15) is 6.04 Å². The van der Waals surface area contributed by atoms with Crippen LogP contribution in [0, 0.1) is 6.92 Å². The molecule has 2 aromatic rings. The van der Waals surface area contributed by atoms with Gasteiger partial charge < -0.3 is 4.52 Å². The van der Waals surface area contributed by atoms with Crippen molar-refractivity contribution in [1.82, 2.24) is 14.4 Å². The van der Waals surface area contributed by atoms with E-state index >= 15 is 0 Å². The van der Waals surface area contributed by atoms with Crippen LogP contribution in [0.1, 0.15) is 42.6 Å². The van der Waals surface area contributed by atoms with Gasteiger partial charge >= 0.3 is 0 Å². The zero-order chi connectivity index (χ0) is 15.6. The van der Waals surface area contributed by atoms with E-state index in [0.29, 0.717) is 18.3 Å². The predicted octanol–water partition coefficient (Wildman–Crippen LogP) is 2.44. The molecule has 1 aliphatic rings. The largest absolute Gasteiger partial charge is 0.338 e. The van der Waals surface area contributed by atoms with Crippen LogP contribution in [0.25, 0.3) is 0 Å². The van der Waals surface area contributed by atoms with Crippen LogP contribution in [-0.4, -0.2) is 29.4 Å². The van der Waals surface area contributed by atoms with Crippen molar-refractivity contribution in [2.45, 2.75) is 38.0 Å². The summed E-state index contributed by atoms with van der Waals surface area (Å²) in [4.78, 5) is 4.22. The SMILES string of the molecule is Cc1noc([C@@H]2CCCCN2S(=O)(=O)Cc2ccccc2)n1. The molecule has 1 aromatic carbocycles. The molecule has 7 heteroatoms. The second-order valence-electron chi connectivity index (χ2n) is 5.54. The third-order valence-corrected chi connectivity index (χ3v) is 5.68. The molecule has 1 saturated heterocycles. The van der Waals surface area contributed by atoms with Gasteiger partial charge in [0.25, 0.3) is 0 Å². The molecule has 0 unspecified atom stereocenters. The molecule has 0 radical (unpaired) electrons. The molecule has 22 heavy (non-hydrogen) atoms. The normalized spacial score (nSPS) is 20.1. The lowest BCUT2D eigenvalue weighted by Crippen LogP contribution is -2.39. The van der Waals surface area contributed by atoms with E-state index in [2.05, 4.69) is 10.1 Å². The Morgan fingerprint density at radius 2 is 2.05 bits per heavy atom. The third-order valence-electron chi connectivity index (χ3n) is 3.83. The number of sulfonamides is 1. The highest BCUT2D eigenvalue weighted by Crippen LogP contribution is 2.33. The van der Waals surface area contributed by atoms with Gasteiger partial charge in [-0.25, -0.2) is 8.42 Å². The summed E-state index contributed by atoms with van der Waals surface area (Å²) in [5, 5.41) is 3.78. The molecule has 0 amide bonds. The van der Waals surface area contributed by atoms with Crippen molar-refractivity contribution in [2.75, 3.05) is 6.54 Å². The molecule has 1 aliphatic heterocycles. The van der Waals surface area contributed by atoms with Gasteiger partial charge in [-0.1, -0.05) is 41.9 Å². The molecule has 0 bridgehead atoms. The highest BCUT2D eigenvalue weighted by molar-refractivity contribution is 7.88. The Morgan fingerprint density at radius 3 is 2.73 bits per heavy atom. The highest BCUT2D eigenvalue weighted by Gasteiger charge is 2.36. The first-order valence-corrected chi connectivity index (χ1v) is 9.01. The van der Waals surface area contributed by atoms with E-state index in [1.54, 1.807) is 6.92 Å². The Labute approximate surface area is 130 Å². The van der Waals surface area contributed by atoms with Crippen molar-refractivity contribution in [2.24, 2.45) is 0 Å². The fourth-order valence-corrected chi connectivity index (χ4v) is 4.57. The molecular weight excluding hydrogens is 302 g/mol. The van der Waals surface area contributed by atoms with Crippen molar-refractivity contribution in [3.63, 3.8) is 0 Å². The Hall–Kier alpha value is -1.73. The maximum absolute atomic E-state index is 12.8. The summed E-state index contributed by atoms with van der Waals surface area (Å²) >= 11 is 0. The fourth-order valence-electron chi connectivity index (χ4n) is 2.80. The van der Waals surface area contributed by atoms with Gasteiger partial charge in [0, 0.05) is 6.54 Å². The first kappa shape index (κ1) is 15.2. The van der Waals surface area contributed by atoms with Gasteiger partial charge in [-0.15, -0.1) is 0 Å². The van der Waals surface area contributed by atoms with Crippen molar-refractivity contribution in [1.29, 1.82) is 0 Å². The van der Waals surface area contributed by atoms with E-state index in [1.807, 2.05) is 30.3 Å². The van der Waals surface area contributed by atoms with Crippen molar-refractivity contribution in [3.8, 4) is 0 Å². The number of aromatic nitrogens is 2. The van der Waals surface area contributed by atoms with E-state index in [1.165, 1.54) is 4.31 Å². The number of piperidine rings is 1. The van der Waals surface area contributed by atoms with Crippen LogP contribution in [0.3, 0.4) is 0 Å². The molecule has 118 valence electrons. The molecule has 3 rings (SSSR count). The number of aryl methyl sites for hydroxylation is 1. The minimum atomic E-state index is -3.42. The third kappa shape index (κ3) is 3.20. The van der Waals surface area contributed by atoms with E-state index in [-0.39, 0.29) is 11.8 Å². The molecule has 0 saturated carbocycles. The number of nitrogens with zero attached hydrogens (tertiary/aromatic N) is 3. The zero-order valence-corrected chi connectivity index (χ0v) is 13.3. The molecular formula is C15H19N3O3S. The summed E-state index contributed by atoms with van der Waals surface area (Å²) in [5.41, 5.74) is 0.786. The molecule has 6 nitrogen and oxygen atoms in total. The van der Waals surface area contributed by atoms with Crippen LogP contribution >= 0.6 is 0 Å². The van der Waals surface area contributed by atoms with Gasteiger partial charge in [-0.3, -0.25) is 0 Å². The number of benzene rings is 1. The van der Waals surface area contributed by atoms with Crippen LogP contribution < -0.4 is 0 Å². The summed E-state index contributed by atoms with van der Waals surface area (Å²) in [6.45, 7) is 2.24. The standard InChI is InChI=1S/C15H19N3O3S/c1-12-16-15(21-17-12)14-9-5-6-10-18(14)22(19,20)11-13-7-3-2-4-8-13/h2-4,7-8,14H,5-6,9-11H2,1H3/t14-/m0/s1. The summed E-state index contributed by atoms with van der Waals surface area (Å²) < 4.78 is 32.3. The van der Waals surface area contributed by atoms with Crippen LogP contribution in [-0.2, 0) is 15.8 Å². The second kappa shape index (κ2) is 6.18. The van der Waals surface area contributed by atoms with Crippen LogP contribution in [0.15, 0.2) is 34.9 Å². The van der Waals surface area contributed by atoms with Crippen LogP contribution in [0.2, 0.25) is 0 Å². The molecule has 0 spiro atoms. The quantitative estimate of drug-likeness (QED) is 0.864. The predicted molar refractivity (Wildman–Crippen MR) is 81.4 cm³/mol. The fraction of sp³-hybridized carbons (Fsp3) is 0.467. The minimum absolute atomic E-state index is 0.00252. The van der Waals surface area contributed by atoms with Gasteiger partial charge in [0.2, 0.25) is 15.9 Å². The van der Waals surface area contributed by atoms with Gasteiger partial charge in [0.15, 0.2) is 5.82 Å². The first-order valence-electron chi connectivity index (χ1n) is 7.40. The second-order valence-corrected chi connectivity index (χ2v) is 7.47. The molecule has 2 heterocycles. The van der Waals surface area contributed by atoms with Crippen molar-refractivity contribution < 1.29 is 12.9 Å². The Balaban J connectivity index is 1.86. The smallest absolute Gasteiger partial charge is 0.245 e. The molecule has 1 fully saturated rings. The Bertz CT molecular complexity index is 728. The molecule has 1 atom stereocenters. The maximum Gasteiger partial charge on any atom is 0.245 e. The summed E-state index contributed by atoms with van der Waals surface area (Å²) in [5.74, 6) is 0.923. The summed E-state index contributed by atoms with van der Waals surface area (Å²) in [6.07, 6.45) is 2.54. The van der Waals surface area contributed by atoms with E-state index in [9.17, 15) is 8.42 Å². The lowest BCUT2D eigenvalue weighted by atomic mass is 10.1. The molecule has 0 aliphatic carbocycles. The van der Waals surface area contributed by atoms with Gasteiger partial charge in [-0.05, 0) is 25.3 Å². The van der Waals surface area contributed by atoms with Gasteiger partial charge in [-0.2, -0.15) is 9.29 Å². The molecule has 1 aromatic heterocycles. The lowest BCUT2D eigenvalue weighted by Gasteiger charge is -2.32. The number of hydrogen-bond acceptors (Lipinski definition) is 5. The average Bonchev–Trinajstić information content (AvgIpc) is 2.94. The van der Waals surface area contributed by atoms with E-state index in [4.69, 9.17) is 4.52 Å². The number of rotatable bonds is 4. The topological polar surface area (TPSA) is 76.3 Å². The first-order chi connectivity index (χ1) is 10.6. The maximum atomic E-state index is 12.8. The summed E-state index contributed by atoms with van der Waals surface area (Å²) in [7, 11) is -3.42.